The van der Waals surface area contributed by atoms with Crippen LogP contribution in [0.4, 0.5) is 0 Å². The molecule has 0 aliphatic rings. The van der Waals surface area contributed by atoms with Crippen molar-refractivity contribution >= 4 is 17.7 Å². The standard InChI is InChI=1S/C13H20N2OS/c1-3-8-15-9-11-4-6-12(7-5-11)17-10-13(16)14-2/h4-7,15H,3,8-10H2,1-2H3,(H,14,16). The molecule has 2 N–H and O–H groups in total. The van der Waals surface area contributed by atoms with E-state index < -0.39 is 0 Å². The lowest BCUT2D eigenvalue weighted by molar-refractivity contribution is -0.118. The Labute approximate surface area is 107 Å². The lowest BCUT2D eigenvalue weighted by Crippen LogP contribution is -2.19. The number of rotatable bonds is 7. The SMILES string of the molecule is CCCNCc1ccc(SCC(=O)NC)cc1. The summed E-state index contributed by atoms with van der Waals surface area (Å²) in [4.78, 5) is 12.2. The summed E-state index contributed by atoms with van der Waals surface area (Å²) in [5.74, 6) is 0.535. The zero-order valence-corrected chi connectivity index (χ0v) is 11.3. The summed E-state index contributed by atoms with van der Waals surface area (Å²) in [7, 11) is 1.66. The van der Waals surface area contributed by atoms with Gasteiger partial charge in [-0.05, 0) is 30.7 Å². The summed E-state index contributed by atoms with van der Waals surface area (Å²) in [6.45, 7) is 4.12. The summed E-state index contributed by atoms with van der Waals surface area (Å²) < 4.78 is 0. The first-order valence-electron chi connectivity index (χ1n) is 5.89. The third-order valence-corrected chi connectivity index (χ3v) is 3.34. The smallest absolute Gasteiger partial charge is 0.230 e. The number of benzene rings is 1. The maximum Gasteiger partial charge on any atom is 0.230 e. The molecule has 0 atom stereocenters. The molecule has 0 aliphatic heterocycles. The number of carbonyl (C=O) groups is 1. The average Bonchev–Trinajstić information content (AvgIpc) is 2.37. The number of nitrogens with one attached hydrogen (secondary N) is 2. The van der Waals surface area contributed by atoms with Gasteiger partial charge in [-0.15, -0.1) is 11.8 Å². The van der Waals surface area contributed by atoms with Crippen LogP contribution in [-0.2, 0) is 11.3 Å². The first kappa shape index (κ1) is 14.1. The van der Waals surface area contributed by atoms with Gasteiger partial charge in [0.05, 0.1) is 5.75 Å². The highest BCUT2D eigenvalue weighted by Crippen LogP contribution is 2.17. The second-order valence-corrected chi connectivity index (χ2v) is 4.83. The molecule has 0 unspecified atom stereocenters. The van der Waals surface area contributed by atoms with Gasteiger partial charge in [0.1, 0.15) is 0 Å². The Kier molecular flexibility index (Phi) is 6.74. The van der Waals surface area contributed by atoms with Crippen molar-refractivity contribution in [3.8, 4) is 0 Å². The average molecular weight is 252 g/mol. The van der Waals surface area contributed by atoms with Crippen LogP contribution in [0.5, 0.6) is 0 Å². The molecule has 1 aromatic carbocycles. The summed E-state index contributed by atoms with van der Waals surface area (Å²) >= 11 is 1.56. The fourth-order valence-electron chi connectivity index (χ4n) is 1.33. The molecule has 0 saturated carbocycles. The van der Waals surface area contributed by atoms with E-state index in [0.29, 0.717) is 5.75 Å². The maximum atomic E-state index is 11.1. The summed E-state index contributed by atoms with van der Waals surface area (Å²) in [6, 6.07) is 8.34. The molecule has 0 heterocycles. The molecule has 17 heavy (non-hydrogen) atoms. The number of hydrogen-bond donors (Lipinski definition) is 2. The monoisotopic (exact) mass is 252 g/mol. The topological polar surface area (TPSA) is 41.1 Å². The Morgan fingerprint density at radius 3 is 2.59 bits per heavy atom. The van der Waals surface area contributed by atoms with Crippen LogP contribution < -0.4 is 10.6 Å². The highest BCUT2D eigenvalue weighted by molar-refractivity contribution is 8.00. The lowest BCUT2D eigenvalue weighted by Gasteiger charge is -2.05. The zero-order chi connectivity index (χ0) is 12.5. The third kappa shape index (κ3) is 5.75. The van der Waals surface area contributed by atoms with Crippen molar-refractivity contribution in [2.45, 2.75) is 24.8 Å². The van der Waals surface area contributed by atoms with Gasteiger partial charge < -0.3 is 10.6 Å². The molecule has 94 valence electrons. The van der Waals surface area contributed by atoms with Crippen molar-refractivity contribution in [1.82, 2.24) is 10.6 Å². The van der Waals surface area contributed by atoms with Crippen molar-refractivity contribution in [3.05, 3.63) is 29.8 Å². The first-order chi connectivity index (χ1) is 8.26. The second-order valence-electron chi connectivity index (χ2n) is 3.78. The van der Waals surface area contributed by atoms with Crippen LogP contribution in [0.1, 0.15) is 18.9 Å². The van der Waals surface area contributed by atoms with Gasteiger partial charge in [-0.1, -0.05) is 19.1 Å². The maximum absolute atomic E-state index is 11.1. The highest BCUT2D eigenvalue weighted by Gasteiger charge is 2.00. The van der Waals surface area contributed by atoms with Crippen molar-refractivity contribution in [2.24, 2.45) is 0 Å². The van der Waals surface area contributed by atoms with E-state index in [1.807, 2.05) is 0 Å². The van der Waals surface area contributed by atoms with E-state index in [4.69, 9.17) is 0 Å². The van der Waals surface area contributed by atoms with Crippen LogP contribution in [0.25, 0.3) is 0 Å². The predicted molar refractivity (Wildman–Crippen MR) is 73.2 cm³/mol. The van der Waals surface area contributed by atoms with E-state index in [0.717, 1.165) is 24.4 Å². The largest absolute Gasteiger partial charge is 0.358 e. The molecular formula is C13H20N2OS. The van der Waals surface area contributed by atoms with E-state index in [1.54, 1.807) is 18.8 Å². The van der Waals surface area contributed by atoms with E-state index in [1.165, 1.54) is 5.56 Å². The van der Waals surface area contributed by atoms with E-state index in [2.05, 4.69) is 41.8 Å². The van der Waals surface area contributed by atoms with Gasteiger partial charge in [-0.25, -0.2) is 0 Å². The molecule has 1 aromatic rings. The molecule has 3 nitrogen and oxygen atoms in total. The van der Waals surface area contributed by atoms with Gasteiger partial charge in [-0.2, -0.15) is 0 Å². The minimum absolute atomic E-state index is 0.0590. The molecule has 1 amide bonds. The molecule has 1 rings (SSSR count). The number of thioether (sulfide) groups is 1. The minimum Gasteiger partial charge on any atom is -0.358 e. The van der Waals surface area contributed by atoms with Gasteiger partial charge in [-0.3, -0.25) is 4.79 Å². The van der Waals surface area contributed by atoms with Crippen LogP contribution in [0.2, 0.25) is 0 Å². The Morgan fingerprint density at radius 1 is 1.29 bits per heavy atom. The first-order valence-corrected chi connectivity index (χ1v) is 6.88. The third-order valence-electron chi connectivity index (χ3n) is 2.33. The van der Waals surface area contributed by atoms with E-state index in [-0.39, 0.29) is 5.91 Å². The quantitative estimate of drug-likeness (QED) is 0.576. The Balaban J connectivity index is 2.36. The molecule has 0 fully saturated rings. The number of amides is 1. The van der Waals surface area contributed by atoms with Crippen LogP contribution in [-0.4, -0.2) is 25.3 Å². The van der Waals surface area contributed by atoms with Crippen molar-refractivity contribution in [1.29, 1.82) is 0 Å². The normalized spacial score (nSPS) is 10.2. The molecular weight excluding hydrogens is 232 g/mol. The van der Waals surface area contributed by atoms with Crippen LogP contribution in [0.15, 0.2) is 29.2 Å². The molecule has 0 spiro atoms. The van der Waals surface area contributed by atoms with E-state index in [9.17, 15) is 4.79 Å². The lowest BCUT2D eigenvalue weighted by atomic mass is 10.2. The molecule has 0 aliphatic carbocycles. The summed E-state index contributed by atoms with van der Waals surface area (Å²) in [6.07, 6.45) is 1.15. The molecule has 0 aromatic heterocycles. The highest BCUT2D eigenvalue weighted by atomic mass is 32.2. The summed E-state index contributed by atoms with van der Waals surface area (Å²) in [5, 5.41) is 5.97. The Hall–Kier alpha value is -1.00. The molecule has 0 saturated heterocycles. The fraction of sp³-hybridized carbons (Fsp3) is 0.462. The minimum atomic E-state index is 0.0590. The van der Waals surface area contributed by atoms with Crippen molar-refractivity contribution in [3.63, 3.8) is 0 Å². The number of hydrogen-bond acceptors (Lipinski definition) is 3. The summed E-state index contributed by atoms with van der Waals surface area (Å²) in [5.41, 5.74) is 1.28. The van der Waals surface area contributed by atoms with Crippen LogP contribution in [0.3, 0.4) is 0 Å². The van der Waals surface area contributed by atoms with Gasteiger partial charge in [0.2, 0.25) is 5.91 Å². The van der Waals surface area contributed by atoms with Gasteiger partial charge >= 0.3 is 0 Å². The molecule has 0 bridgehead atoms. The Bertz CT molecular complexity index is 338. The second kappa shape index (κ2) is 8.14. The molecule has 0 radical (unpaired) electrons. The van der Waals surface area contributed by atoms with Crippen LogP contribution >= 0.6 is 11.8 Å². The van der Waals surface area contributed by atoms with Crippen molar-refractivity contribution < 1.29 is 4.79 Å². The van der Waals surface area contributed by atoms with Gasteiger partial charge in [0.25, 0.3) is 0 Å². The van der Waals surface area contributed by atoms with Crippen molar-refractivity contribution in [2.75, 3.05) is 19.3 Å². The predicted octanol–water partition coefficient (Wildman–Crippen LogP) is 2.02. The fourth-order valence-corrected chi connectivity index (χ4v) is 2.10. The Morgan fingerprint density at radius 2 is 2.00 bits per heavy atom. The van der Waals surface area contributed by atoms with E-state index >= 15 is 0 Å². The van der Waals surface area contributed by atoms with Gasteiger partial charge in [0.15, 0.2) is 0 Å². The molecule has 4 heteroatoms. The zero-order valence-electron chi connectivity index (χ0n) is 10.5. The van der Waals surface area contributed by atoms with Gasteiger partial charge in [0, 0.05) is 18.5 Å². The van der Waals surface area contributed by atoms with Crippen LogP contribution in [0, 0.1) is 0 Å². The number of carbonyl (C=O) groups excluding carboxylic acids is 1.